The maximum Gasteiger partial charge on any atom is 0.135 e. The molecule has 148 valence electrons. The second-order valence-electron chi connectivity index (χ2n) is 8.43. The molecule has 2 aromatic carbocycles. The number of nitrogens with one attached hydrogen (secondary N) is 1. The third-order valence-corrected chi connectivity index (χ3v) is 6.18. The molecular formula is C25H37NO. The first-order valence-electron chi connectivity index (χ1n) is 10.5. The third-order valence-electron chi connectivity index (χ3n) is 6.18. The summed E-state index contributed by atoms with van der Waals surface area (Å²) in [7, 11) is 1.80. The van der Waals surface area contributed by atoms with Crippen LogP contribution < -0.4 is 10.0 Å². The monoisotopic (exact) mass is 368 g/mol. The van der Waals surface area contributed by atoms with Crippen LogP contribution in [0.3, 0.4) is 0 Å². The van der Waals surface area contributed by atoms with Crippen LogP contribution in [0.4, 0.5) is 0 Å². The zero-order chi connectivity index (χ0) is 21.2. The van der Waals surface area contributed by atoms with Crippen molar-refractivity contribution >= 4 is 0 Å². The summed E-state index contributed by atoms with van der Waals surface area (Å²) in [5.41, 5.74) is 7.08. The standard InChI is InChI=1S/C25H37NO/c1-16(2)24-21(7)18(4)13-14-23(24)27-25(8,19(5)15-26-9)22-12-10-11-17(3)20(22)6/h10-14,16,19,26H,15H2,1-9H3/t19?,25-/m1/s1/i/hD. The molecule has 0 radical (unpaired) electrons. The third kappa shape index (κ3) is 4.21. The number of hydrogen-bond acceptors (Lipinski definition) is 2. The van der Waals surface area contributed by atoms with Crippen LogP contribution in [-0.2, 0) is 5.60 Å². The van der Waals surface area contributed by atoms with Crippen molar-refractivity contribution < 1.29 is 6.15 Å². The molecule has 2 rings (SSSR count). The molecular weight excluding hydrogens is 330 g/mol. The van der Waals surface area contributed by atoms with Crippen LogP contribution in [0.15, 0.2) is 30.3 Å². The Morgan fingerprint density at radius 3 is 2.22 bits per heavy atom. The van der Waals surface area contributed by atoms with E-state index in [1.165, 1.54) is 38.7 Å². The number of aryl methyl sites for hydroxylation is 2. The first kappa shape index (κ1) is 19.9. The minimum atomic E-state index is -0.531. The maximum atomic E-state index is 7.98. The van der Waals surface area contributed by atoms with Crippen molar-refractivity contribution in [3.63, 3.8) is 0 Å². The van der Waals surface area contributed by atoms with Gasteiger partial charge in [-0.1, -0.05) is 45.0 Å². The van der Waals surface area contributed by atoms with Crippen molar-refractivity contribution in [3.05, 3.63) is 63.7 Å². The highest BCUT2D eigenvalue weighted by Crippen LogP contribution is 2.41. The first-order valence-corrected chi connectivity index (χ1v) is 10.0. The van der Waals surface area contributed by atoms with E-state index >= 15 is 0 Å². The van der Waals surface area contributed by atoms with Gasteiger partial charge in [0, 0.05) is 12.5 Å². The quantitative estimate of drug-likeness (QED) is 0.629. The number of ether oxygens (including phenoxy) is 1. The lowest BCUT2D eigenvalue weighted by molar-refractivity contribution is 0.0281. The van der Waals surface area contributed by atoms with Gasteiger partial charge in [0.25, 0.3) is 0 Å². The molecule has 0 fully saturated rings. The molecule has 0 heterocycles. The summed E-state index contributed by atoms with van der Waals surface area (Å²) in [4.78, 5) is 0. The van der Waals surface area contributed by atoms with Crippen molar-refractivity contribution in [3.8, 4) is 5.75 Å². The van der Waals surface area contributed by atoms with Gasteiger partial charge in [0.05, 0.1) is 0 Å². The van der Waals surface area contributed by atoms with Gasteiger partial charge in [0.1, 0.15) is 12.8 Å². The largest absolute Gasteiger partial charge is 0.482 e. The molecule has 0 bridgehead atoms. The van der Waals surface area contributed by atoms with Crippen LogP contribution >= 0.6 is 0 Å². The van der Waals surface area contributed by atoms with Gasteiger partial charge >= 0.3 is 0 Å². The molecule has 0 saturated heterocycles. The molecule has 1 N–H and O–H groups in total. The Labute approximate surface area is 167 Å². The molecule has 0 saturated carbocycles. The Morgan fingerprint density at radius 1 is 1.00 bits per heavy atom. The average Bonchev–Trinajstić information content (AvgIpc) is 2.59. The number of rotatable bonds is 7. The fourth-order valence-electron chi connectivity index (χ4n) is 4.01. The molecule has 0 aliphatic heterocycles. The summed E-state index contributed by atoms with van der Waals surface area (Å²) in [5, 5.41) is 1.50. The minimum Gasteiger partial charge on any atom is -0.482 e. The van der Waals surface area contributed by atoms with Crippen LogP contribution in [0.2, 0.25) is 1.41 Å². The van der Waals surface area contributed by atoms with Crippen molar-refractivity contribution in [2.45, 2.75) is 66.9 Å². The zero-order valence-corrected chi connectivity index (χ0v) is 18.6. The highest BCUT2D eigenvalue weighted by Gasteiger charge is 2.37. The van der Waals surface area contributed by atoms with Crippen molar-refractivity contribution in [2.24, 2.45) is 5.92 Å². The predicted molar refractivity (Wildman–Crippen MR) is 117 cm³/mol. The smallest absolute Gasteiger partial charge is 0.135 e. The van der Waals surface area contributed by atoms with E-state index in [-0.39, 0.29) is 5.92 Å². The molecule has 0 aromatic heterocycles. The Kier molecular flexibility index (Phi) is 6.26. The summed E-state index contributed by atoms with van der Waals surface area (Å²) in [5.74, 6) is 1.48. The topological polar surface area (TPSA) is 21.3 Å². The highest BCUT2D eigenvalue weighted by molar-refractivity contribution is 5.47. The molecule has 0 amide bonds. The second-order valence-corrected chi connectivity index (χ2v) is 8.43. The van der Waals surface area contributed by atoms with E-state index in [1.54, 1.807) is 7.05 Å². The van der Waals surface area contributed by atoms with Crippen LogP contribution in [0.1, 0.15) is 67.0 Å². The molecule has 2 aromatic rings. The SMILES string of the molecule is [2H]N(C)CC(C)[C@@](C)(Oc1ccc(C)c(C)c1C(C)C)c1cccc(C)c1C. The summed E-state index contributed by atoms with van der Waals surface area (Å²) in [6.45, 7) is 18.1. The van der Waals surface area contributed by atoms with Gasteiger partial charge in [0.2, 0.25) is 0 Å². The molecule has 1 unspecified atom stereocenters. The molecule has 0 aliphatic rings. The van der Waals surface area contributed by atoms with Crippen LogP contribution in [-0.4, -0.2) is 13.6 Å². The van der Waals surface area contributed by atoms with Crippen LogP contribution in [0.5, 0.6) is 5.75 Å². The second kappa shape index (κ2) is 8.48. The van der Waals surface area contributed by atoms with E-state index in [0.717, 1.165) is 5.75 Å². The average molecular weight is 369 g/mol. The van der Waals surface area contributed by atoms with E-state index in [4.69, 9.17) is 6.15 Å². The zero-order valence-electron chi connectivity index (χ0n) is 19.6. The van der Waals surface area contributed by atoms with E-state index in [9.17, 15) is 0 Å². The lowest BCUT2D eigenvalue weighted by Gasteiger charge is -2.39. The first-order chi connectivity index (χ1) is 13.0. The van der Waals surface area contributed by atoms with Gasteiger partial charge in [-0.25, -0.2) is 0 Å². The van der Waals surface area contributed by atoms with Gasteiger partial charge in [-0.05, 0) is 87.0 Å². The van der Waals surface area contributed by atoms with Gasteiger partial charge in [0.15, 0.2) is 0 Å². The fourth-order valence-corrected chi connectivity index (χ4v) is 4.01. The molecule has 0 spiro atoms. The van der Waals surface area contributed by atoms with Crippen LogP contribution in [0, 0.1) is 33.6 Å². The molecule has 27 heavy (non-hydrogen) atoms. The number of hydrogen-bond donors (Lipinski definition) is 1. The molecule has 0 aliphatic carbocycles. The Bertz CT molecular complexity index is 828. The highest BCUT2D eigenvalue weighted by atomic mass is 16.5. The number of benzene rings is 2. The lowest BCUT2D eigenvalue weighted by Crippen LogP contribution is -2.42. The molecule has 2 heteroatoms. The Balaban J connectivity index is 2.65. The maximum absolute atomic E-state index is 7.98. The Morgan fingerprint density at radius 2 is 1.63 bits per heavy atom. The normalized spacial score (nSPS) is 15.6. The van der Waals surface area contributed by atoms with Gasteiger partial charge in [-0.15, -0.1) is 0 Å². The lowest BCUT2D eigenvalue weighted by atomic mass is 9.80. The van der Waals surface area contributed by atoms with Gasteiger partial charge < -0.3 is 10.0 Å². The summed E-state index contributed by atoms with van der Waals surface area (Å²) >= 11 is 0. The minimum absolute atomic E-state index is 0.136. The van der Waals surface area contributed by atoms with Gasteiger partial charge in [-0.2, -0.15) is 0 Å². The van der Waals surface area contributed by atoms with Crippen molar-refractivity contribution in [1.82, 2.24) is 5.31 Å². The van der Waals surface area contributed by atoms with E-state index < -0.39 is 5.60 Å². The van der Waals surface area contributed by atoms with Crippen molar-refractivity contribution in [2.75, 3.05) is 13.6 Å². The Hall–Kier alpha value is -1.80. The van der Waals surface area contributed by atoms with Crippen molar-refractivity contribution in [1.29, 1.82) is 0 Å². The van der Waals surface area contributed by atoms with Crippen LogP contribution in [0.25, 0.3) is 0 Å². The van der Waals surface area contributed by atoms with E-state index in [2.05, 4.69) is 85.7 Å². The summed E-state index contributed by atoms with van der Waals surface area (Å²) < 4.78 is 14.9. The van der Waals surface area contributed by atoms with Gasteiger partial charge in [-0.3, -0.25) is 0 Å². The molecule has 2 atom stereocenters. The molecule has 2 nitrogen and oxygen atoms in total. The fraction of sp³-hybridized carbons (Fsp3) is 0.520. The summed E-state index contributed by atoms with van der Waals surface area (Å²) in [6.07, 6.45) is 0. The van der Waals surface area contributed by atoms with E-state index in [0.29, 0.717) is 12.5 Å². The predicted octanol–water partition coefficient (Wildman–Crippen LogP) is 6.19. The van der Waals surface area contributed by atoms with E-state index in [1.807, 2.05) is 0 Å². The summed E-state index contributed by atoms with van der Waals surface area (Å²) in [6, 6.07) is 10.7.